The van der Waals surface area contributed by atoms with Crippen LogP contribution >= 0.6 is 0 Å². The highest BCUT2D eigenvalue weighted by molar-refractivity contribution is 5.55. The molecule has 0 radical (unpaired) electrons. The Morgan fingerprint density at radius 1 is 1.24 bits per heavy atom. The van der Waals surface area contributed by atoms with Gasteiger partial charge in [-0.15, -0.1) is 0 Å². The molecule has 3 rings (SSSR count). The molecule has 1 aromatic heterocycles. The van der Waals surface area contributed by atoms with E-state index in [4.69, 9.17) is 9.26 Å². The Balaban J connectivity index is 1.88. The lowest BCUT2D eigenvalue weighted by atomic mass is 9.84. The van der Waals surface area contributed by atoms with Crippen LogP contribution in [0.5, 0.6) is 0 Å². The molecule has 1 aliphatic heterocycles. The molecule has 2 aromatic rings. The maximum absolute atomic E-state index is 5.65. The zero-order valence-corrected chi connectivity index (χ0v) is 13.1. The Morgan fingerprint density at radius 2 is 1.95 bits per heavy atom. The van der Waals surface area contributed by atoms with Gasteiger partial charge < -0.3 is 9.26 Å². The highest BCUT2D eigenvalue weighted by atomic mass is 16.5. The summed E-state index contributed by atoms with van der Waals surface area (Å²) in [6.45, 7) is 9.31. The molecule has 2 unspecified atom stereocenters. The van der Waals surface area contributed by atoms with Crippen molar-refractivity contribution < 1.29 is 9.26 Å². The number of benzene rings is 1. The number of nitrogens with zero attached hydrogens (tertiary/aromatic N) is 2. The fourth-order valence-electron chi connectivity index (χ4n) is 2.71. The van der Waals surface area contributed by atoms with E-state index < -0.39 is 0 Å². The largest absolute Gasteiger partial charge is 0.377 e. The molecule has 0 amide bonds. The lowest BCUT2D eigenvalue weighted by Gasteiger charge is -2.22. The number of hydrogen-bond acceptors (Lipinski definition) is 4. The van der Waals surface area contributed by atoms with Crippen molar-refractivity contribution in [3.05, 3.63) is 35.7 Å². The first-order valence-corrected chi connectivity index (χ1v) is 7.57. The third-order valence-corrected chi connectivity index (χ3v) is 4.64. The van der Waals surface area contributed by atoms with E-state index in [1.54, 1.807) is 0 Å². The van der Waals surface area contributed by atoms with E-state index in [0.29, 0.717) is 17.6 Å². The Kier molecular flexibility index (Phi) is 3.57. The first-order valence-electron chi connectivity index (χ1n) is 7.57. The van der Waals surface area contributed by atoms with Gasteiger partial charge in [-0.25, -0.2) is 0 Å². The summed E-state index contributed by atoms with van der Waals surface area (Å²) in [6, 6.07) is 8.36. The number of aromatic nitrogens is 2. The molecule has 0 bridgehead atoms. The van der Waals surface area contributed by atoms with Crippen LogP contribution < -0.4 is 0 Å². The van der Waals surface area contributed by atoms with E-state index in [1.165, 1.54) is 5.56 Å². The second kappa shape index (κ2) is 5.26. The summed E-state index contributed by atoms with van der Waals surface area (Å²) >= 11 is 0. The molecular weight excluding hydrogens is 264 g/mol. The van der Waals surface area contributed by atoms with Gasteiger partial charge in [0.15, 0.2) is 0 Å². The van der Waals surface area contributed by atoms with Gasteiger partial charge in [0.1, 0.15) is 0 Å². The summed E-state index contributed by atoms with van der Waals surface area (Å²) < 4.78 is 11.2. The third kappa shape index (κ3) is 2.48. The Morgan fingerprint density at radius 3 is 2.52 bits per heavy atom. The van der Waals surface area contributed by atoms with Crippen LogP contribution in [0.2, 0.25) is 0 Å². The SMILES string of the molecule is CC(C)c1ccc(-c2noc(C3(C)CCOC3C)n2)cc1. The standard InChI is InChI=1S/C17H22N2O2/c1-11(2)13-5-7-14(8-6-13)15-18-16(21-19-15)17(4)9-10-20-12(17)3/h5-8,11-12H,9-10H2,1-4H3. The Hall–Kier alpha value is -1.68. The zero-order chi connectivity index (χ0) is 15.0. The lowest BCUT2D eigenvalue weighted by Crippen LogP contribution is -2.30. The summed E-state index contributed by atoms with van der Waals surface area (Å²) in [5.74, 6) is 1.85. The van der Waals surface area contributed by atoms with Crippen LogP contribution in [0, 0.1) is 0 Å². The minimum atomic E-state index is -0.177. The molecule has 0 N–H and O–H groups in total. The van der Waals surface area contributed by atoms with Crippen molar-refractivity contribution in [3.63, 3.8) is 0 Å². The number of ether oxygens (including phenoxy) is 1. The van der Waals surface area contributed by atoms with Crippen LogP contribution in [0.15, 0.2) is 28.8 Å². The molecular formula is C17H22N2O2. The van der Waals surface area contributed by atoms with Gasteiger partial charge in [0.2, 0.25) is 11.7 Å². The van der Waals surface area contributed by atoms with E-state index in [2.05, 4.69) is 62.1 Å². The molecule has 4 heteroatoms. The molecule has 1 fully saturated rings. The van der Waals surface area contributed by atoms with Gasteiger partial charge in [0.25, 0.3) is 0 Å². The zero-order valence-electron chi connectivity index (χ0n) is 13.1. The minimum absolute atomic E-state index is 0.106. The highest BCUT2D eigenvalue weighted by Crippen LogP contribution is 2.37. The van der Waals surface area contributed by atoms with E-state index >= 15 is 0 Å². The van der Waals surface area contributed by atoms with Gasteiger partial charge in [-0.2, -0.15) is 4.98 Å². The first kappa shape index (κ1) is 14.3. The van der Waals surface area contributed by atoms with E-state index in [0.717, 1.165) is 18.6 Å². The van der Waals surface area contributed by atoms with Crippen LogP contribution in [0.4, 0.5) is 0 Å². The van der Waals surface area contributed by atoms with Crippen molar-refractivity contribution in [1.29, 1.82) is 0 Å². The van der Waals surface area contributed by atoms with Crippen molar-refractivity contribution >= 4 is 0 Å². The smallest absolute Gasteiger partial charge is 0.235 e. The summed E-state index contributed by atoms with van der Waals surface area (Å²) in [7, 11) is 0. The topological polar surface area (TPSA) is 48.2 Å². The quantitative estimate of drug-likeness (QED) is 0.858. The van der Waals surface area contributed by atoms with Gasteiger partial charge in [-0.1, -0.05) is 43.3 Å². The highest BCUT2D eigenvalue weighted by Gasteiger charge is 2.43. The Bertz CT molecular complexity index is 618. The van der Waals surface area contributed by atoms with Crippen LogP contribution in [0.1, 0.15) is 51.5 Å². The predicted octanol–water partition coefficient (Wildman–Crippen LogP) is 3.93. The summed E-state index contributed by atoms with van der Waals surface area (Å²) in [5.41, 5.74) is 2.13. The molecule has 1 aromatic carbocycles. The van der Waals surface area contributed by atoms with Gasteiger partial charge in [-0.3, -0.25) is 0 Å². The van der Waals surface area contributed by atoms with Crippen LogP contribution in [0.3, 0.4) is 0 Å². The van der Waals surface area contributed by atoms with Crippen molar-refractivity contribution in [2.24, 2.45) is 0 Å². The maximum atomic E-state index is 5.65. The molecule has 2 heterocycles. The Labute approximate surface area is 125 Å². The first-order chi connectivity index (χ1) is 10.0. The van der Waals surface area contributed by atoms with Crippen LogP contribution in [0.25, 0.3) is 11.4 Å². The molecule has 0 saturated carbocycles. The molecule has 0 aliphatic carbocycles. The second-order valence-corrected chi connectivity index (χ2v) is 6.38. The average Bonchev–Trinajstić information content (AvgIpc) is 3.08. The summed E-state index contributed by atoms with van der Waals surface area (Å²) in [6.07, 6.45) is 1.02. The number of rotatable bonds is 3. The molecule has 1 saturated heterocycles. The molecule has 0 spiro atoms. The van der Waals surface area contributed by atoms with Crippen molar-refractivity contribution in [3.8, 4) is 11.4 Å². The maximum Gasteiger partial charge on any atom is 0.235 e. The van der Waals surface area contributed by atoms with Gasteiger partial charge in [-0.05, 0) is 31.7 Å². The third-order valence-electron chi connectivity index (χ3n) is 4.64. The second-order valence-electron chi connectivity index (χ2n) is 6.38. The van der Waals surface area contributed by atoms with Crippen molar-refractivity contribution in [1.82, 2.24) is 10.1 Å². The molecule has 112 valence electrons. The number of hydrogen-bond donors (Lipinski definition) is 0. The fourth-order valence-corrected chi connectivity index (χ4v) is 2.71. The summed E-state index contributed by atoms with van der Waals surface area (Å²) in [4.78, 5) is 4.60. The predicted molar refractivity (Wildman–Crippen MR) is 81.2 cm³/mol. The van der Waals surface area contributed by atoms with E-state index in [9.17, 15) is 0 Å². The minimum Gasteiger partial charge on any atom is -0.377 e. The molecule has 4 nitrogen and oxygen atoms in total. The summed E-state index contributed by atoms with van der Waals surface area (Å²) in [5, 5.41) is 4.14. The van der Waals surface area contributed by atoms with Gasteiger partial charge in [0, 0.05) is 12.2 Å². The van der Waals surface area contributed by atoms with Crippen molar-refractivity contribution in [2.75, 3.05) is 6.61 Å². The molecule has 1 aliphatic rings. The monoisotopic (exact) mass is 286 g/mol. The fraction of sp³-hybridized carbons (Fsp3) is 0.529. The normalized spacial score (nSPS) is 25.7. The van der Waals surface area contributed by atoms with Crippen LogP contribution in [-0.4, -0.2) is 22.9 Å². The van der Waals surface area contributed by atoms with Gasteiger partial charge in [0.05, 0.1) is 11.5 Å². The van der Waals surface area contributed by atoms with Crippen LogP contribution in [-0.2, 0) is 10.2 Å². The van der Waals surface area contributed by atoms with Crippen molar-refractivity contribution in [2.45, 2.75) is 51.6 Å². The molecule has 21 heavy (non-hydrogen) atoms. The molecule has 2 atom stereocenters. The lowest BCUT2D eigenvalue weighted by molar-refractivity contribution is 0.0880. The van der Waals surface area contributed by atoms with E-state index in [1.807, 2.05) is 0 Å². The van der Waals surface area contributed by atoms with Gasteiger partial charge >= 0.3 is 0 Å². The average molecular weight is 286 g/mol. The van der Waals surface area contributed by atoms with E-state index in [-0.39, 0.29) is 11.5 Å².